The first-order valence-electron chi connectivity index (χ1n) is 4.02. The van der Waals surface area contributed by atoms with Crippen LogP contribution in [0.4, 0.5) is 11.4 Å². The number of hydrogen-bond acceptors (Lipinski definition) is 5. The van der Waals surface area contributed by atoms with Gasteiger partial charge < -0.3 is 16.2 Å². The summed E-state index contributed by atoms with van der Waals surface area (Å²) in [6.45, 7) is 0.619. The molecule has 0 aliphatic rings. The topological polar surface area (TPSA) is 104 Å². The predicted octanol–water partition coefficient (Wildman–Crippen LogP) is 0.514. The molecule has 0 atom stereocenters. The summed E-state index contributed by atoms with van der Waals surface area (Å²) in [5, 5.41) is 10.4. The number of rotatable bonds is 4. The number of nitrogen functional groups attached to an aromatic ring is 1. The number of non-ortho nitro benzene ring substituents is 1. The van der Waals surface area contributed by atoms with Crippen LogP contribution in [0.25, 0.3) is 0 Å². The molecule has 0 aromatic heterocycles. The Bertz CT molecular complexity index is 341. The van der Waals surface area contributed by atoms with E-state index in [1.54, 1.807) is 0 Å². The Kier molecular flexibility index (Phi) is 3.24. The van der Waals surface area contributed by atoms with Gasteiger partial charge in [0.1, 0.15) is 12.4 Å². The summed E-state index contributed by atoms with van der Waals surface area (Å²) in [6.07, 6.45) is 0. The lowest BCUT2D eigenvalue weighted by molar-refractivity contribution is -0.384. The van der Waals surface area contributed by atoms with Crippen molar-refractivity contribution in [3.05, 3.63) is 28.3 Å². The van der Waals surface area contributed by atoms with E-state index in [1.165, 1.54) is 18.2 Å². The van der Waals surface area contributed by atoms with Gasteiger partial charge in [-0.3, -0.25) is 10.1 Å². The Morgan fingerprint density at radius 3 is 2.79 bits per heavy atom. The second-order valence-electron chi connectivity index (χ2n) is 2.62. The quantitative estimate of drug-likeness (QED) is 0.415. The van der Waals surface area contributed by atoms with E-state index in [4.69, 9.17) is 16.2 Å². The molecule has 0 aliphatic heterocycles. The van der Waals surface area contributed by atoms with E-state index in [0.717, 1.165) is 0 Å². The number of anilines is 1. The van der Waals surface area contributed by atoms with Gasteiger partial charge in [0.15, 0.2) is 0 Å². The minimum atomic E-state index is -0.505. The molecule has 0 bridgehead atoms. The fourth-order valence-corrected chi connectivity index (χ4v) is 0.930. The highest BCUT2D eigenvalue weighted by molar-refractivity contribution is 5.57. The second-order valence-corrected chi connectivity index (χ2v) is 2.62. The van der Waals surface area contributed by atoms with Crippen molar-refractivity contribution >= 4 is 11.4 Å². The van der Waals surface area contributed by atoms with Crippen molar-refractivity contribution in [2.24, 2.45) is 5.73 Å². The molecule has 0 heterocycles. The maximum Gasteiger partial charge on any atom is 0.273 e. The standard InChI is InChI=1S/C8H11N3O3/c9-3-4-14-8-5-6(11(12)13)1-2-7(8)10/h1-2,5H,3-4,9-10H2. The SMILES string of the molecule is NCCOc1cc([N+](=O)[O-])ccc1N. The van der Waals surface area contributed by atoms with Crippen LogP contribution in [0.5, 0.6) is 5.75 Å². The Morgan fingerprint density at radius 1 is 1.50 bits per heavy atom. The number of nitro groups is 1. The van der Waals surface area contributed by atoms with Gasteiger partial charge in [-0.1, -0.05) is 0 Å². The summed E-state index contributed by atoms with van der Waals surface area (Å²) in [5.74, 6) is 0.296. The van der Waals surface area contributed by atoms with Gasteiger partial charge in [0.05, 0.1) is 16.7 Å². The summed E-state index contributed by atoms with van der Waals surface area (Å²) < 4.78 is 5.12. The number of hydrogen-bond donors (Lipinski definition) is 2. The molecule has 1 aromatic rings. The number of nitrogens with zero attached hydrogens (tertiary/aromatic N) is 1. The van der Waals surface area contributed by atoms with Gasteiger partial charge in [-0.15, -0.1) is 0 Å². The zero-order valence-corrected chi connectivity index (χ0v) is 7.47. The van der Waals surface area contributed by atoms with Gasteiger partial charge in [0, 0.05) is 12.6 Å². The molecule has 0 radical (unpaired) electrons. The maximum atomic E-state index is 10.4. The van der Waals surface area contributed by atoms with Crippen LogP contribution in [0.15, 0.2) is 18.2 Å². The number of ether oxygens (including phenoxy) is 1. The Labute approximate surface area is 80.6 Å². The normalized spacial score (nSPS) is 9.79. The van der Waals surface area contributed by atoms with E-state index >= 15 is 0 Å². The first-order valence-corrected chi connectivity index (χ1v) is 4.02. The average Bonchev–Trinajstić information content (AvgIpc) is 2.16. The fraction of sp³-hybridized carbons (Fsp3) is 0.250. The summed E-state index contributed by atoms with van der Waals surface area (Å²) in [5.41, 5.74) is 11.1. The minimum Gasteiger partial charge on any atom is -0.490 e. The van der Waals surface area contributed by atoms with Crippen molar-refractivity contribution in [1.29, 1.82) is 0 Å². The summed E-state index contributed by atoms with van der Waals surface area (Å²) in [6, 6.07) is 4.04. The van der Waals surface area contributed by atoms with Crippen molar-refractivity contribution in [3.8, 4) is 5.75 Å². The Morgan fingerprint density at radius 2 is 2.21 bits per heavy atom. The zero-order chi connectivity index (χ0) is 10.6. The first kappa shape index (κ1) is 10.3. The van der Waals surface area contributed by atoms with E-state index in [1.807, 2.05) is 0 Å². The van der Waals surface area contributed by atoms with Crippen LogP contribution < -0.4 is 16.2 Å². The van der Waals surface area contributed by atoms with Gasteiger partial charge in [-0.2, -0.15) is 0 Å². The van der Waals surface area contributed by atoms with Crippen LogP contribution in [0.1, 0.15) is 0 Å². The lowest BCUT2D eigenvalue weighted by atomic mass is 10.2. The highest BCUT2D eigenvalue weighted by Crippen LogP contribution is 2.26. The van der Waals surface area contributed by atoms with E-state index in [0.29, 0.717) is 18.0 Å². The van der Waals surface area contributed by atoms with E-state index < -0.39 is 4.92 Å². The molecule has 0 saturated heterocycles. The summed E-state index contributed by atoms with van der Waals surface area (Å²) in [7, 11) is 0. The molecule has 4 N–H and O–H groups in total. The van der Waals surface area contributed by atoms with Gasteiger partial charge in [-0.25, -0.2) is 0 Å². The van der Waals surface area contributed by atoms with Crippen molar-refractivity contribution < 1.29 is 9.66 Å². The highest BCUT2D eigenvalue weighted by Gasteiger charge is 2.09. The molecular formula is C8H11N3O3. The fourth-order valence-electron chi connectivity index (χ4n) is 0.930. The van der Waals surface area contributed by atoms with Crippen molar-refractivity contribution in [2.45, 2.75) is 0 Å². The maximum absolute atomic E-state index is 10.4. The molecule has 0 spiro atoms. The molecular weight excluding hydrogens is 186 g/mol. The van der Waals surface area contributed by atoms with E-state index in [9.17, 15) is 10.1 Å². The number of nitro benzene ring substituents is 1. The van der Waals surface area contributed by atoms with Crippen LogP contribution >= 0.6 is 0 Å². The smallest absolute Gasteiger partial charge is 0.273 e. The zero-order valence-electron chi connectivity index (χ0n) is 7.47. The molecule has 0 saturated carbocycles. The first-order chi connectivity index (χ1) is 6.65. The van der Waals surface area contributed by atoms with Crippen LogP contribution in [0.3, 0.4) is 0 Å². The molecule has 76 valence electrons. The molecule has 6 heteroatoms. The van der Waals surface area contributed by atoms with Gasteiger partial charge in [-0.05, 0) is 6.07 Å². The Hall–Kier alpha value is -1.82. The van der Waals surface area contributed by atoms with Gasteiger partial charge in [0.2, 0.25) is 0 Å². The molecule has 1 aromatic carbocycles. The van der Waals surface area contributed by atoms with E-state index in [-0.39, 0.29) is 12.3 Å². The highest BCUT2D eigenvalue weighted by atomic mass is 16.6. The summed E-state index contributed by atoms with van der Waals surface area (Å²) in [4.78, 5) is 9.92. The third kappa shape index (κ3) is 2.33. The van der Waals surface area contributed by atoms with Crippen molar-refractivity contribution in [1.82, 2.24) is 0 Å². The number of nitrogens with two attached hydrogens (primary N) is 2. The molecule has 0 aliphatic carbocycles. The monoisotopic (exact) mass is 197 g/mol. The lowest BCUT2D eigenvalue weighted by Gasteiger charge is -2.06. The molecule has 0 unspecified atom stereocenters. The number of benzene rings is 1. The van der Waals surface area contributed by atoms with Crippen molar-refractivity contribution in [3.63, 3.8) is 0 Å². The molecule has 1 rings (SSSR count). The molecule has 14 heavy (non-hydrogen) atoms. The van der Waals surface area contributed by atoms with E-state index in [2.05, 4.69) is 0 Å². The predicted molar refractivity (Wildman–Crippen MR) is 52.1 cm³/mol. The third-order valence-corrected chi connectivity index (χ3v) is 1.58. The minimum absolute atomic E-state index is 0.0498. The van der Waals surface area contributed by atoms with Crippen molar-refractivity contribution in [2.75, 3.05) is 18.9 Å². The summed E-state index contributed by atoms with van der Waals surface area (Å²) >= 11 is 0. The second kappa shape index (κ2) is 4.43. The van der Waals surface area contributed by atoms with Crippen LogP contribution in [-0.4, -0.2) is 18.1 Å². The average molecular weight is 197 g/mol. The van der Waals surface area contributed by atoms with Crippen LogP contribution in [-0.2, 0) is 0 Å². The molecule has 0 fully saturated rings. The molecule has 6 nitrogen and oxygen atoms in total. The lowest BCUT2D eigenvalue weighted by Crippen LogP contribution is -2.11. The van der Waals surface area contributed by atoms with Crippen LogP contribution in [0, 0.1) is 10.1 Å². The Balaban J connectivity index is 2.90. The van der Waals surface area contributed by atoms with Gasteiger partial charge >= 0.3 is 0 Å². The van der Waals surface area contributed by atoms with Crippen LogP contribution in [0.2, 0.25) is 0 Å². The third-order valence-electron chi connectivity index (χ3n) is 1.58. The largest absolute Gasteiger partial charge is 0.490 e. The van der Waals surface area contributed by atoms with Gasteiger partial charge in [0.25, 0.3) is 5.69 Å². The molecule has 0 amide bonds.